The molecule has 2 aromatic carbocycles. The van der Waals surface area contributed by atoms with Gasteiger partial charge in [0.2, 0.25) is 0 Å². The molecule has 0 saturated carbocycles. The molecule has 21 heavy (non-hydrogen) atoms. The van der Waals surface area contributed by atoms with Crippen molar-refractivity contribution in [2.45, 2.75) is 6.92 Å². The van der Waals surface area contributed by atoms with E-state index in [4.69, 9.17) is 10.5 Å². The molecule has 0 bridgehead atoms. The van der Waals surface area contributed by atoms with Gasteiger partial charge in [-0.3, -0.25) is 4.79 Å². The van der Waals surface area contributed by atoms with E-state index in [2.05, 4.69) is 0 Å². The van der Waals surface area contributed by atoms with E-state index in [1.54, 1.807) is 35.2 Å². The highest BCUT2D eigenvalue weighted by Crippen LogP contribution is 2.22. The van der Waals surface area contributed by atoms with Gasteiger partial charge in [-0.25, -0.2) is 4.39 Å². The first-order valence-electron chi connectivity index (χ1n) is 6.57. The van der Waals surface area contributed by atoms with Crippen molar-refractivity contribution in [2.75, 3.05) is 24.3 Å². The number of benzene rings is 2. The van der Waals surface area contributed by atoms with Crippen LogP contribution in [0.5, 0.6) is 5.75 Å². The van der Waals surface area contributed by atoms with Crippen LogP contribution in [0.3, 0.4) is 0 Å². The van der Waals surface area contributed by atoms with E-state index in [9.17, 15) is 9.18 Å². The molecule has 0 heterocycles. The van der Waals surface area contributed by atoms with E-state index in [0.29, 0.717) is 29.2 Å². The molecule has 0 spiro atoms. The predicted molar refractivity (Wildman–Crippen MR) is 81.2 cm³/mol. The first-order chi connectivity index (χ1) is 10.0. The third-order valence-electron chi connectivity index (χ3n) is 3.11. The van der Waals surface area contributed by atoms with Crippen molar-refractivity contribution in [3.63, 3.8) is 0 Å². The van der Waals surface area contributed by atoms with Crippen LogP contribution in [-0.2, 0) is 0 Å². The highest BCUT2D eigenvalue weighted by atomic mass is 19.1. The second kappa shape index (κ2) is 6.26. The molecule has 0 aliphatic heterocycles. The van der Waals surface area contributed by atoms with Crippen molar-refractivity contribution < 1.29 is 13.9 Å². The lowest BCUT2D eigenvalue weighted by atomic mass is 10.1. The van der Waals surface area contributed by atoms with Gasteiger partial charge in [0.05, 0.1) is 7.11 Å². The molecule has 0 fully saturated rings. The van der Waals surface area contributed by atoms with Crippen LogP contribution in [-0.4, -0.2) is 19.6 Å². The summed E-state index contributed by atoms with van der Waals surface area (Å²) in [7, 11) is 1.51. The fourth-order valence-electron chi connectivity index (χ4n) is 2.08. The fraction of sp³-hybridized carbons (Fsp3) is 0.188. The van der Waals surface area contributed by atoms with E-state index in [-0.39, 0.29) is 11.7 Å². The Morgan fingerprint density at radius 2 is 1.90 bits per heavy atom. The van der Waals surface area contributed by atoms with E-state index in [0.717, 1.165) is 0 Å². The van der Waals surface area contributed by atoms with Crippen molar-refractivity contribution in [1.82, 2.24) is 0 Å². The number of halogens is 1. The zero-order valence-corrected chi connectivity index (χ0v) is 12.0. The number of methoxy groups -OCH3 is 1. The Bertz CT molecular complexity index is 641. The number of nitrogen functional groups attached to an aromatic ring is 1. The molecular formula is C16H17FN2O2. The number of carbonyl (C=O) groups is 1. The summed E-state index contributed by atoms with van der Waals surface area (Å²) in [5, 5.41) is 0. The monoisotopic (exact) mass is 288 g/mol. The molecule has 5 heteroatoms. The standard InChI is InChI=1S/C16H17FN2O2/c1-3-19(14-6-4-12(17)5-7-14)16(20)11-8-13(18)10-15(9-11)21-2/h4-10H,3,18H2,1-2H3. The van der Waals surface area contributed by atoms with Crippen LogP contribution in [0.15, 0.2) is 42.5 Å². The molecule has 2 rings (SSSR count). The number of carbonyl (C=O) groups excluding carboxylic acids is 1. The maximum absolute atomic E-state index is 13.0. The second-order valence-electron chi connectivity index (χ2n) is 4.52. The fourth-order valence-corrected chi connectivity index (χ4v) is 2.08. The minimum absolute atomic E-state index is 0.213. The maximum atomic E-state index is 13.0. The first kappa shape index (κ1) is 14.8. The lowest BCUT2D eigenvalue weighted by Crippen LogP contribution is -2.30. The molecule has 0 atom stereocenters. The summed E-state index contributed by atoms with van der Waals surface area (Å²) in [5.41, 5.74) is 7.28. The lowest BCUT2D eigenvalue weighted by molar-refractivity contribution is 0.0988. The number of nitrogens with zero attached hydrogens (tertiary/aromatic N) is 1. The maximum Gasteiger partial charge on any atom is 0.258 e. The van der Waals surface area contributed by atoms with Crippen LogP contribution < -0.4 is 15.4 Å². The topological polar surface area (TPSA) is 55.6 Å². The molecule has 0 saturated heterocycles. The van der Waals surface area contributed by atoms with Crippen LogP contribution in [0.2, 0.25) is 0 Å². The molecule has 1 amide bonds. The summed E-state index contributed by atoms with van der Waals surface area (Å²) in [6.45, 7) is 2.31. The molecule has 2 aromatic rings. The van der Waals surface area contributed by atoms with Crippen molar-refractivity contribution in [2.24, 2.45) is 0 Å². The zero-order chi connectivity index (χ0) is 15.4. The minimum atomic E-state index is -0.340. The highest BCUT2D eigenvalue weighted by molar-refractivity contribution is 6.06. The molecule has 0 aromatic heterocycles. The molecule has 2 N–H and O–H groups in total. The summed E-state index contributed by atoms with van der Waals surface area (Å²) in [6.07, 6.45) is 0. The number of anilines is 2. The van der Waals surface area contributed by atoms with E-state index in [1.807, 2.05) is 6.92 Å². The van der Waals surface area contributed by atoms with Gasteiger partial charge >= 0.3 is 0 Å². The van der Waals surface area contributed by atoms with Gasteiger partial charge in [0, 0.05) is 29.5 Å². The normalized spacial score (nSPS) is 10.2. The summed E-state index contributed by atoms with van der Waals surface area (Å²) in [4.78, 5) is 14.2. The minimum Gasteiger partial charge on any atom is -0.497 e. The molecule has 110 valence electrons. The Hall–Kier alpha value is -2.56. The summed E-state index contributed by atoms with van der Waals surface area (Å²) >= 11 is 0. The van der Waals surface area contributed by atoms with Gasteiger partial charge in [0.1, 0.15) is 11.6 Å². The molecule has 4 nitrogen and oxygen atoms in total. The Balaban J connectivity index is 2.36. The predicted octanol–water partition coefficient (Wildman–Crippen LogP) is 3.08. The first-order valence-corrected chi connectivity index (χ1v) is 6.57. The molecule has 0 unspecified atom stereocenters. The smallest absolute Gasteiger partial charge is 0.258 e. The van der Waals surface area contributed by atoms with Crippen LogP contribution in [0.4, 0.5) is 15.8 Å². The van der Waals surface area contributed by atoms with Gasteiger partial charge < -0.3 is 15.4 Å². The molecule has 0 aliphatic rings. The SMILES string of the molecule is CCN(C(=O)c1cc(N)cc(OC)c1)c1ccc(F)cc1. The van der Waals surface area contributed by atoms with Crippen molar-refractivity contribution in [3.05, 3.63) is 53.8 Å². The van der Waals surface area contributed by atoms with Gasteiger partial charge in [-0.2, -0.15) is 0 Å². The summed E-state index contributed by atoms with van der Waals surface area (Å²) in [6, 6.07) is 10.7. The zero-order valence-electron chi connectivity index (χ0n) is 12.0. The number of ether oxygens (including phenoxy) is 1. The van der Waals surface area contributed by atoms with E-state index in [1.165, 1.54) is 19.2 Å². The van der Waals surface area contributed by atoms with Crippen molar-refractivity contribution in [3.8, 4) is 5.75 Å². The third-order valence-corrected chi connectivity index (χ3v) is 3.11. The third kappa shape index (κ3) is 3.31. The number of nitrogens with two attached hydrogens (primary N) is 1. The molecule has 0 radical (unpaired) electrons. The largest absolute Gasteiger partial charge is 0.497 e. The van der Waals surface area contributed by atoms with Crippen LogP contribution in [0, 0.1) is 5.82 Å². The van der Waals surface area contributed by atoms with E-state index >= 15 is 0 Å². The Morgan fingerprint density at radius 3 is 2.48 bits per heavy atom. The van der Waals surface area contributed by atoms with Crippen molar-refractivity contribution in [1.29, 1.82) is 0 Å². The quantitative estimate of drug-likeness (QED) is 0.880. The average molecular weight is 288 g/mol. The molecule has 0 aliphatic carbocycles. The second-order valence-corrected chi connectivity index (χ2v) is 4.52. The van der Waals surface area contributed by atoms with Crippen LogP contribution >= 0.6 is 0 Å². The lowest BCUT2D eigenvalue weighted by Gasteiger charge is -2.21. The Labute approximate surface area is 122 Å². The number of hydrogen-bond acceptors (Lipinski definition) is 3. The number of rotatable bonds is 4. The van der Waals surface area contributed by atoms with Crippen molar-refractivity contribution >= 4 is 17.3 Å². The van der Waals surface area contributed by atoms with Gasteiger partial charge in [-0.05, 0) is 43.3 Å². The number of hydrogen-bond donors (Lipinski definition) is 1. The van der Waals surface area contributed by atoms with E-state index < -0.39 is 0 Å². The average Bonchev–Trinajstić information content (AvgIpc) is 2.49. The van der Waals surface area contributed by atoms with Gasteiger partial charge in [-0.15, -0.1) is 0 Å². The van der Waals surface area contributed by atoms with Crippen LogP contribution in [0.1, 0.15) is 17.3 Å². The van der Waals surface area contributed by atoms with Gasteiger partial charge in [0.15, 0.2) is 0 Å². The Kier molecular flexibility index (Phi) is 4.42. The Morgan fingerprint density at radius 1 is 1.24 bits per heavy atom. The van der Waals surface area contributed by atoms with Gasteiger partial charge in [-0.1, -0.05) is 0 Å². The van der Waals surface area contributed by atoms with Gasteiger partial charge in [0.25, 0.3) is 5.91 Å². The molecular weight excluding hydrogens is 271 g/mol. The summed E-state index contributed by atoms with van der Waals surface area (Å²) in [5.74, 6) is -0.0314. The summed E-state index contributed by atoms with van der Waals surface area (Å²) < 4.78 is 18.1. The number of amides is 1. The van der Waals surface area contributed by atoms with Crippen LogP contribution in [0.25, 0.3) is 0 Å². The highest BCUT2D eigenvalue weighted by Gasteiger charge is 2.17.